The summed E-state index contributed by atoms with van der Waals surface area (Å²) in [6, 6.07) is 10.4. The van der Waals surface area contributed by atoms with Gasteiger partial charge in [-0.25, -0.2) is 0 Å². The topological polar surface area (TPSA) is 85.7 Å². The summed E-state index contributed by atoms with van der Waals surface area (Å²) in [5.74, 6) is 1.39. The zero-order valence-electron chi connectivity index (χ0n) is 17.3. The minimum atomic E-state index is -0.202. The van der Waals surface area contributed by atoms with Crippen molar-refractivity contribution < 1.29 is 14.3 Å². The first-order chi connectivity index (χ1) is 14.6. The number of methoxy groups -OCH3 is 1. The van der Waals surface area contributed by atoms with Gasteiger partial charge in [-0.2, -0.15) is 4.68 Å². The molecule has 4 rings (SSSR count). The Morgan fingerprint density at radius 1 is 1.20 bits per heavy atom. The van der Waals surface area contributed by atoms with E-state index >= 15 is 0 Å². The largest absolute Gasteiger partial charge is 0.497 e. The first kappa shape index (κ1) is 20.4. The highest BCUT2D eigenvalue weighted by Gasteiger charge is 2.27. The molecule has 0 saturated carbocycles. The predicted molar refractivity (Wildman–Crippen MR) is 113 cm³/mol. The summed E-state index contributed by atoms with van der Waals surface area (Å²) >= 11 is 0. The molecule has 8 nitrogen and oxygen atoms in total. The van der Waals surface area contributed by atoms with Crippen LogP contribution in [0.15, 0.2) is 41.2 Å². The van der Waals surface area contributed by atoms with Gasteiger partial charge in [-0.15, -0.1) is 5.10 Å². The molecule has 0 bridgehead atoms. The molecule has 30 heavy (non-hydrogen) atoms. The molecule has 2 unspecified atom stereocenters. The molecule has 1 N–H and O–H groups in total. The van der Waals surface area contributed by atoms with Crippen LogP contribution in [-0.4, -0.2) is 55.1 Å². The summed E-state index contributed by atoms with van der Waals surface area (Å²) in [6.07, 6.45) is 3.97. The molecule has 2 aliphatic heterocycles. The lowest BCUT2D eigenvalue weighted by molar-refractivity contribution is -0.125. The Hall–Kier alpha value is -2.87. The summed E-state index contributed by atoms with van der Waals surface area (Å²) in [5, 5.41) is 7.61. The van der Waals surface area contributed by atoms with Crippen LogP contribution in [0.2, 0.25) is 0 Å². The van der Waals surface area contributed by atoms with Crippen molar-refractivity contribution in [3.8, 4) is 11.4 Å². The van der Waals surface area contributed by atoms with Crippen molar-refractivity contribution in [3.63, 3.8) is 0 Å². The second kappa shape index (κ2) is 9.30. The van der Waals surface area contributed by atoms with E-state index in [4.69, 9.17) is 9.47 Å². The van der Waals surface area contributed by atoms with Gasteiger partial charge in [0.1, 0.15) is 11.6 Å². The average Bonchev–Trinajstić information content (AvgIpc) is 3.32. The molecular weight excluding hydrogens is 384 g/mol. The Balaban J connectivity index is 1.45. The van der Waals surface area contributed by atoms with Crippen LogP contribution in [0.3, 0.4) is 0 Å². The molecule has 2 fully saturated rings. The number of hydrogen-bond donors (Lipinski definition) is 1. The van der Waals surface area contributed by atoms with Gasteiger partial charge in [0, 0.05) is 32.3 Å². The summed E-state index contributed by atoms with van der Waals surface area (Å²) in [5.41, 5.74) is 0.470. The number of nitrogens with zero attached hydrogens (tertiary/aromatic N) is 3. The molecule has 2 aliphatic rings. The van der Waals surface area contributed by atoms with E-state index in [-0.39, 0.29) is 23.5 Å². The zero-order chi connectivity index (χ0) is 20.9. The normalized spacial score (nSPS) is 21.4. The number of piperidine rings is 1. The predicted octanol–water partition coefficient (Wildman–Crippen LogP) is 1.75. The van der Waals surface area contributed by atoms with Crippen LogP contribution in [0.4, 0.5) is 5.82 Å². The number of carbonyl (C=O) groups excluding carboxylic acids is 1. The molecule has 1 aromatic carbocycles. The maximum absolute atomic E-state index is 12.7. The van der Waals surface area contributed by atoms with Crippen LogP contribution in [0.25, 0.3) is 5.69 Å². The van der Waals surface area contributed by atoms with E-state index in [9.17, 15) is 9.59 Å². The molecule has 2 aromatic rings. The van der Waals surface area contributed by atoms with Crippen molar-refractivity contribution in [3.05, 3.63) is 46.8 Å². The maximum atomic E-state index is 12.7. The van der Waals surface area contributed by atoms with Crippen molar-refractivity contribution in [1.29, 1.82) is 0 Å². The highest BCUT2D eigenvalue weighted by molar-refractivity contribution is 5.79. The lowest BCUT2D eigenvalue weighted by Crippen LogP contribution is -2.45. The zero-order valence-corrected chi connectivity index (χ0v) is 17.3. The van der Waals surface area contributed by atoms with E-state index in [1.54, 1.807) is 37.4 Å². The number of rotatable bonds is 6. The quantitative estimate of drug-likeness (QED) is 0.778. The molecule has 1 aromatic heterocycles. The molecule has 0 aliphatic carbocycles. The van der Waals surface area contributed by atoms with Gasteiger partial charge in [-0.05, 0) is 56.0 Å². The molecule has 3 heterocycles. The number of aromatic nitrogens is 2. The third-order valence-electron chi connectivity index (χ3n) is 5.75. The molecule has 0 spiro atoms. The van der Waals surface area contributed by atoms with E-state index in [1.165, 1.54) is 10.7 Å². The number of amides is 1. The van der Waals surface area contributed by atoms with Crippen molar-refractivity contribution in [2.24, 2.45) is 5.92 Å². The van der Waals surface area contributed by atoms with E-state index in [2.05, 4.69) is 15.3 Å². The van der Waals surface area contributed by atoms with Crippen LogP contribution in [0.1, 0.15) is 25.7 Å². The SMILES string of the molecule is COc1ccc(-n2nc(N3CCCC(C(=O)NCC4CCCO4)C3)ccc2=O)cc1. The van der Waals surface area contributed by atoms with Crippen LogP contribution < -0.4 is 20.5 Å². The number of anilines is 1. The number of ether oxygens (including phenoxy) is 2. The highest BCUT2D eigenvalue weighted by atomic mass is 16.5. The van der Waals surface area contributed by atoms with Crippen molar-refractivity contribution >= 4 is 11.7 Å². The minimum Gasteiger partial charge on any atom is -0.497 e. The van der Waals surface area contributed by atoms with Gasteiger partial charge < -0.3 is 19.7 Å². The molecular formula is C22H28N4O4. The molecule has 1 amide bonds. The first-order valence-electron chi connectivity index (χ1n) is 10.5. The molecule has 2 saturated heterocycles. The van der Waals surface area contributed by atoms with Crippen LogP contribution in [-0.2, 0) is 9.53 Å². The van der Waals surface area contributed by atoms with Gasteiger partial charge in [0.2, 0.25) is 5.91 Å². The van der Waals surface area contributed by atoms with E-state index in [0.29, 0.717) is 24.6 Å². The van der Waals surface area contributed by atoms with Crippen molar-refractivity contribution in [2.45, 2.75) is 31.8 Å². The average molecular weight is 412 g/mol. The van der Waals surface area contributed by atoms with Crippen LogP contribution in [0, 0.1) is 5.92 Å². The van der Waals surface area contributed by atoms with Gasteiger partial charge in [-0.3, -0.25) is 9.59 Å². The number of carbonyl (C=O) groups is 1. The maximum Gasteiger partial charge on any atom is 0.271 e. The van der Waals surface area contributed by atoms with Crippen LogP contribution >= 0.6 is 0 Å². The fraction of sp³-hybridized carbons (Fsp3) is 0.500. The van der Waals surface area contributed by atoms with E-state index in [1.807, 2.05) is 0 Å². The van der Waals surface area contributed by atoms with Crippen molar-refractivity contribution in [1.82, 2.24) is 15.1 Å². The Morgan fingerprint density at radius 3 is 2.77 bits per heavy atom. The molecule has 8 heteroatoms. The lowest BCUT2D eigenvalue weighted by Gasteiger charge is -2.33. The standard InChI is InChI=1S/C22H28N4O4/c1-29-18-8-6-17(7-9-18)26-21(27)11-10-20(24-26)25-12-2-4-16(15-25)22(28)23-14-19-5-3-13-30-19/h6-11,16,19H,2-5,12-15H2,1H3,(H,23,28). The third-order valence-corrected chi connectivity index (χ3v) is 5.75. The number of hydrogen-bond acceptors (Lipinski definition) is 6. The number of benzene rings is 1. The van der Waals surface area contributed by atoms with Gasteiger partial charge in [0.15, 0.2) is 0 Å². The van der Waals surface area contributed by atoms with Crippen LogP contribution in [0.5, 0.6) is 5.75 Å². The summed E-state index contributed by atoms with van der Waals surface area (Å²) in [7, 11) is 1.60. The fourth-order valence-electron chi connectivity index (χ4n) is 4.04. The van der Waals surface area contributed by atoms with Gasteiger partial charge in [0.25, 0.3) is 5.56 Å². The Bertz CT molecular complexity index is 921. The Kier molecular flexibility index (Phi) is 6.32. The second-order valence-electron chi connectivity index (χ2n) is 7.80. The van der Waals surface area contributed by atoms with Gasteiger partial charge in [0.05, 0.1) is 24.8 Å². The van der Waals surface area contributed by atoms with Gasteiger partial charge >= 0.3 is 0 Å². The third kappa shape index (κ3) is 4.64. The Labute approximate surface area is 175 Å². The summed E-state index contributed by atoms with van der Waals surface area (Å²) < 4.78 is 12.2. The number of nitrogens with one attached hydrogen (secondary N) is 1. The fourth-order valence-corrected chi connectivity index (χ4v) is 4.04. The van der Waals surface area contributed by atoms with Gasteiger partial charge in [-0.1, -0.05) is 0 Å². The monoisotopic (exact) mass is 412 g/mol. The summed E-state index contributed by atoms with van der Waals surface area (Å²) in [6.45, 7) is 2.76. The second-order valence-corrected chi connectivity index (χ2v) is 7.80. The highest BCUT2D eigenvalue weighted by Crippen LogP contribution is 2.22. The first-order valence-corrected chi connectivity index (χ1v) is 10.5. The van der Waals surface area contributed by atoms with E-state index in [0.717, 1.165) is 44.6 Å². The minimum absolute atomic E-state index is 0.0682. The van der Waals surface area contributed by atoms with E-state index < -0.39 is 0 Å². The Morgan fingerprint density at radius 2 is 2.03 bits per heavy atom. The smallest absolute Gasteiger partial charge is 0.271 e. The molecule has 2 atom stereocenters. The molecule has 0 radical (unpaired) electrons. The molecule has 160 valence electrons. The summed E-state index contributed by atoms with van der Waals surface area (Å²) in [4.78, 5) is 27.1. The lowest BCUT2D eigenvalue weighted by atomic mass is 9.97. The van der Waals surface area contributed by atoms with Crippen molar-refractivity contribution in [2.75, 3.05) is 38.3 Å².